The van der Waals surface area contributed by atoms with E-state index in [2.05, 4.69) is 20.2 Å². The first-order valence-electron chi connectivity index (χ1n) is 5.88. The van der Waals surface area contributed by atoms with Gasteiger partial charge in [0.05, 0.1) is 11.9 Å². The van der Waals surface area contributed by atoms with E-state index in [4.69, 9.17) is 5.73 Å². The first-order chi connectivity index (χ1) is 7.86. The van der Waals surface area contributed by atoms with E-state index in [1.165, 1.54) is 32.3 Å². The number of nitrogens with two attached hydrogens (primary N) is 1. The molecule has 5 heteroatoms. The highest BCUT2D eigenvalue weighted by molar-refractivity contribution is 5.58. The molecule has 3 N–H and O–H groups in total. The molecule has 1 aromatic heterocycles. The lowest BCUT2D eigenvalue weighted by molar-refractivity contribution is 0.337. The molecule has 1 aliphatic rings. The van der Waals surface area contributed by atoms with Gasteiger partial charge in [0.15, 0.2) is 5.82 Å². The van der Waals surface area contributed by atoms with Crippen molar-refractivity contribution < 1.29 is 0 Å². The molecule has 2 heterocycles. The monoisotopic (exact) mass is 221 g/mol. The topological polar surface area (TPSA) is 67.1 Å². The van der Waals surface area contributed by atoms with Gasteiger partial charge in [-0.1, -0.05) is 0 Å². The quantitative estimate of drug-likeness (QED) is 0.725. The van der Waals surface area contributed by atoms with Crippen LogP contribution >= 0.6 is 0 Å². The third kappa shape index (κ3) is 3.06. The second-order valence-corrected chi connectivity index (χ2v) is 4.16. The molecule has 0 radical (unpaired) electrons. The molecular weight excluding hydrogens is 202 g/mol. The van der Waals surface area contributed by atoms with E-state index in [-0.39, 0.29) is 0 Å². The molecule has 1 fully saturated rings. The lowest BCUT2D eigenvalue weighted by atomic mass is 10.3. The third-order valence-electron chi connectivity index (χ3n) is 2.88. The third-order valence-corrected chi connectivity index (χ3v) is 2.88. The second-order valence-electron chi connectivity index (χ2n) is 4.16. The highest BCUT2D eigenvalue weighted by Crippen LogP contribution is 2.11. The predicted molar refractivity (Wildman–Crippen MR) is 65.2 cm³/mol. The summed E-state index contributed by atoms with van der Waals surface area (Å²) in [7, 11) is 0. The fraction of sp³-hybridized carbons (Fsp3) is 0.636. The second kappa shape index (κ2) is 5.65. The van der Waals surface area contributed by atoms with Crippen molar-refractivity contribution in [3.05, 3.63) is 12.5 Å². The Morgan fingerprint density at radius 2 is 2.19 bits per heavy atom. The Morgan fingerprint density at radius 1 is 1.38 bits per heavy atom. The van der Waals surface area contributed by atoms with Crippen molar-refractivity contribution in [3.63, 3.8) is 0 Å². The van der Waals surface area contributed by atoms with Crippen molar-refractivity contribution in [2.24, 2.45) is 0 Å². The smallest absolute Gasteiger partial charge is 0.152 e. The van der Waals surface area contributed by atoms with Crippen LogP contribution in [0.2, 0.25) is 0 Å². The summed E-state index contributed by atoms with van der Waals surface area (Å²) in [6, 6.07) is 0. The number of anilines is 2. The molecule has 0 spiro atoms. The van der Waals surface area contributed by atoms with Crippen LogP contribution in [0.4, 0.5) is 11.5 Å². The molecule has 0 atom stereocenters. The maximum Gasteiger partial charge on any atom is 0.152 e. The lowest BCUT2D eigenvalue weighted by Gasteiger charge is -2.14. The van der Waals surface area contributed by atoms with Crippen LogP contribution in [0.25, 0.3) is 0 Å². The molecule has 1 aliphatic heterocycles. The summed E-state index contributed by atoms with van der Waals surface area (Å²) >= 11 is 0. The van der Waals surface area contributed by atoms with E-state index >= 15 is 0 Å². The fourth-order valence-electron chi connectivity index (χ4n) is 2.00. The Bertz CT molecular complexity index is 322. The Morgan fingerprint density at radius 3 is 2.94 bits per heavy atom. The summed E-state index contributed by atoms with van der Waals surface area (Å²) in [6.07, 6.45) is 6.97. The first kappa shape index (κ1) is 11.1. The number of nitrogens with one attached hydrogen (secondary N) is 1. The fourth-order valence-corrected chi connectivity index (χ4v) is 2.00. The highest BCUT2D eigenvalue weighted by atomic mass is 15.1. The van der Waals surface area contributed by atoms with Crippen LogP contribution in [0.3, 0.4) is 0 Å². The zero-order valence-corrected chi connectivity index (χ0v) is 9.52. The van der Waals surface area contributed by atoms with Gasteiger partial charge in [-0.05, 0) is 38.9 Å². The minimum absolute atomic E-state index is 0.615. The number of nitrogens with zero attached hydrogens (tertiary/aromatic N) is 3. The molecule has 0 bridgehead atoms. The summed E-state index contributed by atoms with van der Waals surface area (Å²) in [5, 5.41) is 3.23. The highest BCUT2D eigenvalue weighted by Gasteiger charge is 2.10. The zero-order chi connectivity index (χ0) is 11.2. The average molecular weight is 221 g/mol. The molecule has 2 rings (SSSR count). The molecule has 0 amide bonds. The van der Waals surface area contributed by atoms with Gasteiger partial charge in [0.2, 0.25) is 0 Å². The Labute approximate surface area is 96.1 Å². The van der Waals surface area contributed by atoms with Crippen LogP contribution in [0, 0.1) is 0 Å². The Balaban J connectivity index is 1.66. The van der Waals surface area contributed by atoms with E-state index in [0.717, 1.165) is 25.3 Å². The van der Waals surface area contributed by atoms with Crippen molar-refractivity contribution in [1.29, 1.82) is 0 Å². The standard InChI is InChI=1S/C11H19N5/c12-10-8-13-9-15-11(10)14-4-3-7-16-5-1-2-6-16/h8-9H,1-7,12H2,(H,13,14,15). The van der Waals surface area contributed by atoms with Crippen molar-refractivity contribution >= 4 is 11.5 Å². The Kier molecular flexibility index (Phi) is 3.93. The van der Waals surface area contributed by atoms with Gasteiger partial charge in [-0.3, -0.25) is 0 Å². The van der Waals surface area contributed by atoms with Crippen molar-refractivity contribution in [2.45, 2.75) is 19.3 Å². The number of nitrogen functional groups attached to an aromatic ring is 1. The summed E-state index contributed by atoms with van der Waals surface area (Å²) in [5.74, 6) is 0.747. The van der Waals surface area contributed by atoms with Crippen LogP contribution in [0.5, 0.6) is 0 Å². The molecule has 0 unspecified atom stereocenters. The Hall–Kier alpha value is -1.36. The first-order valence-corrected chi connectivity index (χ1v) is 5.88. The number of hydrogen-bond donors (Lipinski definition) is 2. The van der Waals surface area contributed by atoms with Gasteiger partial charge < -0.3 is 16.0 Å². The molecule has 88 valence electrons. The van der Waals surface area contributed by atoms with Crippen LogP contribution in [0.15, 0.2) is 12.5 Å². The van der Waals surface area contributed by atoms with E-state index in [1.54, 1.807) is 6.20 Å². The van der Waals surface area contributed by atoms with Gasteiger partial charge in [-0.15, -0.1) is 0 Å². The van der Waals surface area contributed by atoms with E-state index in [9.17, 15) is 0 Å². The van der Waals surface area contributed by atoms with Crippen LogP contribution < -0.4 is 11.1 Å². The van der Waals surface area contributed by atoms with Crippen molar-refractivity contribution in [3.8, 4) is 0 Å². The molecule has 0 aliphatic carbocycles. The molecule has 1 aromatic rings. The summed E-state index contributed by atoms with van der Waals surface area (Å²) in [5.41, 5.74) is 6.34. The summed E-state index contributed by atoms with van der Waals surface area (Å²) in [4.78, 5) is 10.4. The largest absolute Gasteiger partial charge is 0.394 e. The van der Waals surface area contributed by atoms with Gasteiger partial charge in [0, 0.05) is 6.54 Å². The van der Waals surface area contributed by atoms with E-state index < -0.39 is 0 Å². The van der Waals surface area contributed by atoms with Crippen LogP contribution in [-0.2, 0) is 0 Å². The molecule has 0 saturated carbocycles. The zero-order valence-electron chi connectivity index (χ0n) is 9.52. The van der Waals surface area contributed by atoms with Crippen LogP contribution in [0.1, 0.15) is 19.3 Å². The van der Waals surface area contributed by atoms with Gasteiger partial charge in [0.1, 0.15) is 6.33 Å². The normalized spacial score (nSPS) is 16.5. The van der Waals surface area contributed by atoms with Crippen LogP contribution in [-0.4, -0.2) is 41.0 Å². The number of hydrogen-bond acceptors (Lipinski definition) is 5. The maximum atomic E-state index is 5.73. The lowest BCUT2D eigenvalue weighted by Crippen LogP contribution is -2.22. The van der Waals surface area contributed by atoms with E-state index in [1.807, 2.05) is 0 Å². The molecule has 5 nitrogen and oxygen atoms in total. The van der Waals surface area contributed by atoms with Crippen molar-refractivity contribution in [1.82, 2.24) is 14.9 Å². The minimum Gasteiger partial charge on any atom is -0.394 e. The van der Waals surface area contributed by atoms with Crippen molar-refractivity contribution in [2.75, 3.05) is 37.2 Å². The molecule has 0 aromatic carbocycles. The van der Waals surface area contributed by atoms with Gasteiger partial charge in [-0.2, -0.15) is 0 Å². The van der Waals surface area contributed by atoms with Gasteiger partial charge in [0.25, 0.3) is 0 Å². The maximum absolute atomic E-state index is 5.73. The molecular formula is C11H19N5. The van der Waals surface area contributed by atoms with E-state index in [0.29, 0.717) is 5.69 Å². The number of aromatic nitrogens is 2. The number of likely N-dealkylation sites (tertiary alicyclic amines) is 1. The van der Waals surface area contributed by atoms with Gasteiger partial charge >= 0.3 is 0 Å². The number of rotatable bonds is 5. The van der Waals surface area contributed by atoms with Gasteiger partial charge in [-0.25, -0.2) is 9.97 Å². The molecule has 1 saturated heterocycles. The molecule has 16 heavy (non-hydrogen) atoms. The average Bonchev–Trinajstić information content (AvgIpc) is 2.79. The summed E-state index contributed by atoms with van der Waals surface area (Å²) in [6.45, 7) is 4.60. The minimum atomic E-state index is 0.615. The predicted octanol–water partition coefficient (Wildman–Crippen LogP) is 0.957. The SMILES string of the molecule is Nc1cncnc1NCCCN1CCCC1. The summed E-state index contributed by atoms with van der Waals surface area (Å²) < 4.78 is 0.